The molecule has 1 aromatic rings. The van der Waals surface area contributed by atoms with Crippen molar-refractivity contribution in [2.45, 2.75) is 33.1 Å². The van der Waals surface area contributed by atoms with Gasteiger partial charge in [0.25, 0.3) is 5.69 Å². The predicted octanol–water partition coefficient (Wildman–Crippen LogP) is 2.85. The van der Waals surface area contributed by atoms with Crippen LogP contribution in [-0.2, 0) is 10.2 Å². The quantitative estimate of drug-likeness (QED) is 0.633. The van der Waals surface area contributed by atoms with Gasteiger partial charge in [0.15, 0.2) is 0 Å². The summed E-state index contributed by atoms with van der Waals surface area (Å²) in [6.45, 7) is 7.34. The monoisotopic (exact) mass is 236 g/mol. The Labute approximate surface area is 100.0 Å². The molecule has 0 aliphatic heterocycles. The van der Waals surface area contributed by atoms with Gasteiger partial charge in [0.2, 0.25) is 5.91 Å². The molecular formula is C12H16N2O3. The highest BCUT2D eigenvalue weighted by Gasteiger charge is 2.20. The van der Waals surface area contributed by atoms with Crippen LogP contribution < -0.4 is 5.32 Å². The number of nitrogens with zero attached hydrogens (tertiary/aromatic N) is 1. The zero-order chi connectivity index (χ0) is 13.2. The fourth-order valence-corrected chi connectivity index (χ4v) is 1.45. The molecule has 0 fully saturated rings. The van der Waals surface area contributed by atoms with Crippen LogP contribution in [0.15, 0.2) is 18.2 Å². The van der Waals surface area contributed by atoms with Crippen LogP contribution in [0.2, 0.25) is 0 Å². The number of nitrogens with one attached hydrogen (secondary N) is 1. The molecular weight excluding hydrogens is 220 g/mol. The molecule has 0 saturated heterocycles. The van der Waals surface area contributed by atoms with Crippen LogP contribution in [0.3, 0.4) is 0 Å². The maximum absolute atomic E-state index is 11.0. The van der Waals surface area contributed by atoms with E-state index >= 15 is 0 Å². The molecule has 0 saturated carbocycles. The summed E-state index contributed by atoms with van der Waals surface area (Å²) in [5.74, 6) is -0.320. The van der Waals surface area contributed by atoms with Gasteiger partial charge in [0, 0.05) is 13.0 Å². The van der Waals surface area contributed by atoms with Crippen molar-refractivity contribution in [1.29, 1.82) is 0 Å². The van der Waals surface area contributed by atoms with Gasteiger partial charge in [0.05, 0.1) is 4.92 Å². The average molecular weight is 236 g/mol. The fraction of sp³-hybridized carbons (Fsp3) is 0.417. The molecule has 92 valence electrons. The molecule has 0 unspecified atom stereocenters. The van der Waals surface area contributed by atoms with E-state index in [9.17, 15) is 14.9 Å². The molecule has 0 radical (unpaired) electrons. The van der Waals surface area contributed by atoms with Crippen LogP contribution in [0.25, 0.3) is 0 Å². The van der Waals surface area contributed by atoms with Gasteiger partial charge < -0.3 is 5.32 Å². The lowest BCUT2D eigenvalue weighted by molar-refractivity contribution is -0.383. The van der Waals surface area contributed by atoms with Gasteiger partial charge in [-0.05, 0) is 17.0 Å². The highest BCUT2D eigenvalue weighted by molar-refractivity contribution is 5.91. The van der Waals surface area contributed by atoms with Crippen molar-refractivity contribution in [3.8, 4) is 0 Å². The van der Waals surface area contributed by atoms with Gasteiger partial charge in [0.1, 0.15) is 5.69 Å². The third-order valence-corrected chi connectivity index (χ3v) is 2.37. The third kappa shape index (κ3) is 3.27. The van der Waals surface area contributed by atoms with Crippen molar-refractivity contribution in [2.75, 3.05) is 5.32 Å². The normalized spacial score (nSPS) is 11.1. The standard InChI is InChI=1S/C12H16N2O3/c1-8(15)13-10-7-9(12(2,3)4)5-6-11(10)14(16)17/h5-7H,1-4H3,(H,13,15). The van der Waals surface area contributed by atoms with Crippen LogP contribution in [0.5, 0.6) is 0 Å². The van der Waals surface area contributed by atoms with E-state index in [0.717, 1.165) is 5.56 Å². The Morgan fingerprint density at radius 3 is 2.35 bits per heavy atom. The van der Waals surface area contributed by atoms with E-state index in [2.05, 4.69) is 5.32 Å². The fourth-order valence-electron chi connectivity index (χ4n) is 1.45. The number of rotatable bonds is 2. The van der Waals surface area contributed by atoms with Crippen molar-refractivity contribution in [3.05, 3.63) is 33.9 Å². The second kappa shape index (κ2) is 4.53. The van der Waals surface area contributed by atoms with Gasteiger partial charge in [-0.25, -0.2) is 0 Å². The lowest BCUT2D eigenvalue weighted by atomic mass is 9.86. The molecule has 5 heteroatoms. The number of anilines is 1. The number of nitro groups is 1. The van der Waals surface area contributed by atoms with Crippen molar-refractivity contribution in [1.82, 2.24) is 0 Å². The summed E-state index contributed by atoms with van der Waals surface area (Å²) in [5.41, 5.74) is 0.970. The predicted molar refractivity (Wildman–Crippen MR) is 66.1 cm³/mol. The molecule has 1 N–H and O–H groups in total. The molecule has 0 aliphatic carbocycles. The summed E-state index contributed by atoms with van der Waals surface area (Å²) in [5, 5.41) is 13.3. The van der Waals surface area contributed by atoms with Crippen LogP contribution in [0.1, 0.15) is 33.3 Å². The van der Waals surface area contributed by atoms with Gasteiger partial charge in [-0.15, -0.1) is 0 Å². The highest BCUT2D eigenvalue weighted by Crippen LogP contribution is 2.31. The first-order valence-corrected chi connectivity index (χ1v) is 5.28. The Kier molecular flexibility index (Phi) is 3.50. The number of carbonyl (C=O) groups is 1. The minimum absolute atomic E-state index is 0.0896. The lowest BCUT2D eigenvalue weighted by Gasteiger charge is -2.19. The van der Waals surface area contributed by atoms with Crippen molar-refractivity contribution in [3.63, 3.8) is 0 Å². The molecule has 0 aliphatic rings. The summed E-state index contributed by atoms with van der Waals surface area (Å²) >= 11 is 0. The molecule has 5 nitrogen and oxygen atoms in total. The molecule has 0 atom stereocenters. The van der Waals surface area contributed by atoms with Gasteiger partial charge >= 0.3 is 0 Å². The first-order valence-electron chi connectivity index (χ1n) is 5.28. The molecule has 1 aromatic carbocycles. The number of amides is 1. The Hall–Kier alpha value is -1.91. The van der Waals surface area contributed by atoms with E-state index in [4.69, 9.17) is 0 Å². The molecule has 1 rings (SSSR count). The Balaban J connectivity index is 3.29. The van der Waals surface area contributed by atoms with Crippen LogP contribution in [0, 0.1) is 10.1 Å². The number of carbonyl (C=O) groups excluding carboxylic acids is 1. The summed E-state index contributed by atoms with van der Waals surface area (Å²) in [6.07, 6.45) is 0. The smallest absolute Gasteiger partial charge is 0.292 e. The summed E-state index contributed by atoms with van der Waals surface area (Å²) < 4.78 is 0. The summed E-state index contributed by atoms with van der Waals surface area (Å²) in [4.78, 5) is 21.3. The maximum atomic E-state index is 11.0. The minimum Gasteiger partial charge on any atom is -0.321 e. The highest BCUT2D eigenvalue weighted by atomic mass is 16.6. The molecule has 0 spiro atoms. The molecule has 1 amide bonds. The van der Waals surface area contributed by atoms with Crippen LogP contribution in [-0.4, -0.2) is 10.8 Å². The topological polar surface area (TPSA) is 72.2 Å². The maximum Gasteiger partial charge on any atom is 0.292 e. The van der Waals surface area contributed by atoms with Crippen molar-refractivity contribution < 1.29 is 9.72 Å². The van der Waals surface area contributed by atoms with Crippen molar-refractivity contribution in [2.24, 2.45) is 0 Å². The molecule has 17 heavy (non-hydrogen) atoms. The van der Waals surface area contributed by atoms with Gasteiger partial charge in [-0.1, -0.05) is 26.8 Å². The van der Waals surface area contributed by atoms with Gasteiger partial charge in [-0.3, -0.25) is 14.9 Å². The van der Waals surface area contributed by atoms with Crippen LogP contribution in [0.4, 0.5) is 11.4 Å². The average Bonchev–Trinajstić information content (AvgIpc) is 2.14. The Morgan fingerprint density at radius 1 is 1.35 bits per heavy atom. The number of hydrogen-bond acceptors (Lipinski definition) is 3. The lowest BCUT2D eigenvalue weighted by Crippen LogP contribution is -2.14. The zero-order valence-electron chi connectivity index (χ0n) is 10.4. The number of nitro benzene ring substituents is 1. The largest absolute Gasteiger partial charge is 0.321 e. The van der Waals surface area contributed by atoms with Gasteiger partial charge in [-0.2, -0.15) is 0 Å². The van der Waals surface area contributed by atoms with E-state index in [1.807, 2.05) is 20.8 Å². The van der Waals surface area contributed by atoms with E-state index < -0.39 is 4.92 Å². The second-order valence-corrected chi connectivity index (χ2v) is 4.92. The number of benzene rings is 1. The molecule has 0 bridgehead atoms. The summed E-state index contributed by atoms with van der Waals surface area (Å²) in [6, 6.07) is 4.79. The second-order valence-electron chi connectivity index (χ2n) is 4.92. The Bertz CT molecular complexity index is 461. The zero-order valence-corrected chi connectivity index (χ0v) is 10.4. The van der Waals surface area contributed by atoms with E-state index in [1.54, 1.807) is 12.1 Å². The van der Waals surface area contributed by atoms with Crippen molar-refractivity contribution >= 4 is 17.3 Å². The third-order valence-electron chi connectivity index (χ3n) is 2.37. The van der Waals surface area contributed by atoms with E-state index in [1.165, 1.54) is 13.0 Å². The summed E-state index contributed by atoms with van der Waals surface area (Å²) in [7, 11) is 0. The first-order chi connectivity index (χ1) is 7.71. The molecule has 0 aromatic heterocycles. The minimum atomic E-state index is -0.502. The molecule has 0 heterocycles. The van der Waals surface area contributed by atoms with Crippen LogP contribution >= 0.6 is 0 Å². The van der Waals surface area contributed by atoms with E-state index in [-0.39, 0.29) is 22.7 Å². The number of hydrogen-bond donors (Lipinski definition) is 1. The Morgan fingerprint density at radius 2 is 1.94 bits per heavy atom. The first kappa shape index (κ1) is 13.2. The SMILES string of the molecule is CC(=O)Nc1cc(C(C)(C)C)ccc1[N+](=O)[O-]. The van der Waals surface area contributed by atoms with E-state index in [0.29, 0.717) is 0 Å².